The fraction of sp³-hybridized carbons (Fsp3) is 0.308. The first-order valence-corrected chi connectivity index (χ1v) is 5.45. The van der Waals surface area contributed by atoms with Gasteiger partial charge in [-0.2, -0.15) is 0 Å². The van der Waals surface area contributed by atoms with Crippen LogP contribution >= 0.6 is 0 Å². The van der Waals surface area contributed by atoms with Gasteiger partial charge in [0.15, 0.2) is 6.61 Å². The number of allylic oxidation sites excluding steroid dienone is 1. The monoisotopic (exact) mass is 255 g/mol. The number of hydrogen-bond acceptors (Lipinski definition) is 2. The second kappa shape index (κ2) is 6.14. The Balaban J connectivity index is 2.65. The normalized spacial score (nSPS) is 11.6. The highest BCUT2D eigenvalue weighted by Crippen LogP contribution is 2.20. The average molecular weight is 255 g/mol. The summed E-state index contributed by atoms with van der Waals surface area (Å²) in [6.45, 7) is 1.81. The molecule has 1 amide bonds. The third-order valence-corrected chi connectivity index (χ3v) is 1.91. The van der Waals surface area contributed by atoms with Crippen molar-refractivity contribution in [3.63, 3.8) is 0 Å². The number of carbonyl (C=O) groups excluding carboxylic acids is 1. The highest BCUT2D eigenvalue weighted by atomic mass is 19.3. The van der Waals surface area contributed by atoms with Gasteiger partial charge in [-0.15, -0.1) is 0 Å². The Bertz CT molecular complexity index is 439. The first kappa shape index (κ1) is 14.2. The van der Waals surface area contributed by atoms with Crippen LogP contribution in [0.25, 0.3) is 0 Å². The molecule has 1 N–H and O–H groups in total. The molecule has 0 atom stereocenters. The quantitative estimate of drug-likeness (QED) is 0.820. The summed E-state index contributed by atoms with van der Waals surface area (Å²) in [5.74, 6) is -2.88. The van der Waals surface area contributed by atoms with Gasteiger partial charge in [0, 0.05) is 18.7 Å². The Morgan fingerprint density at radius 3 is 2.83 bits per heavy atom. The molecule has 0 radical (unpaired) electrons. The summed E-state index contributed by atoms with van der Waals surface area (Å²) in [5, 5.41) is 2.59. The molecule has 0 aliphatic heterocycles. The van der Waals surface area contributed by atoms with Gasteiger partial charge in [-0.25, -0.2) is 8.78 Å². The van der Waals surface area contributed by atoms with E-state index in [1.165, 1.54) is 12.1 Å². The van der Waals surface area contributed by atoms with Gasteiger partial charge < -0.3 is 10.1 Å². The molecule has 0 saturated carbocycles. The van der Waals surface area contributed by atoms with E-state index in [0.717, 1.165) is 6.92 Å². The van der Waals surface area contributed by atoms with Gasteiger partial charge in [0.1, 0.15) is 5.75 Å². The molecule has 1 aromatic carbocycles. The van der Waals surface area contributed by atoms with Crippen LogP contribution in [-0.4, -0.2) is 18.4 Å². The number of carbonyl (C=O) groups is 1. The fourth-order valence-corrected chi connectivity index (χ4v) is 1.21. The lowest BCUT2D eigenvalue weighted by molar-refractivity contribution is -0.111. The van der Waals surface area contributed by atoms with Gasteiger partial charge in [0.05, 0.1) is 0 Å². The summed E-state index contributed by atoms with van der Waals surface area (Å²) in [4.78, 5) is 11.3. The Morgan fingerprint density at radius 1 is 1.50 bits per heavy atom. The fourth-order valence-electron chi connectivity index (χ4n) is 1.21. The molecule has 5 heteroatoms. The standard InChI is InChI=1S/C13H15F2NO2/c1-3-5-12(17)16-10-6-4-7-11(8-10)18-9-13(2,14)15/h3-8H,9H2,1-2H3,(H,16,17). The molecule has 3 nitrogen and oxygen atoms in total. The molecule has 0 fully saturated rings. The molecule has 98 valence electrons. The van der Waals surface area contributed by atoms with Crippen molar-refractivity contribution in [3.05, 3.63) is 36.4 Å². The molecule has 0 saturated heterocycles. The maximum Gasteiger partial charge on any atom is 0.278 e. The van der Waals surface area contributed by atoms with Gasteiger partial charge >= 0.3 is 0 Å². The van der Waals surface area contributed by atoms with E-state index >= 15 is 0 Å². The van der Waals surface area contributed by atoms with Crippen LogP contribution in [0.3, 0.4) is 0 Å². The molecule has 1 aromatic rings. The van der Waals surface area contributed by atoms with Crippen molar-refractivity contribution in [2.75, 3.05) is 11.9 Å². The van der Waals surface area contributed by atoms with Crippen molar-refractivity contribution in [1.29, 1.82) is 0 Å². The van der Waals surface area contributed by atoms with Crippen molar-refractivity contribution < 1.29 is 18.3 Å². The summed E-state index contributed by atoms with van der Waals surface area (Å²) in [5.41, 5.74) is 0.495. The van der Waals surface area contributed by atoms with E-state index in [0.29, 0.717) is 5.69 Å². The van der Waals surface area contributed by atoms with Crippen LogP contribution < -0.4 is 10.1 Å². The first-order chi connectivity index (χ1) is 8.40. The van der Waals surface area contributed by atoms with Gasteiger partial charge in [-0.05, 0) is 25.1 Å². The lowest BCUT2D eigenvalue weighted by atomic mass is 10.3. The minimum absolute atomic E-state index is 0.282. The molecule has 0 aliphatic rings. The molecule has 1 rings (SSSR count). The third-order valence-electron chi connectivity index (χ3n) is 1.91. The van der Waals surface area contributed by atoms with Crippen molar-refractivity contribution in [2.24, 2.45) is 0 Å². The average Bonchev–Trinajstić information content (AvgIpc) is 2.26. The molecule has 0 aliphatic carbocycles. The predicted molar refractivity (Wildman–Crippen MR) is 66.0 cm³/mol. The van der Waals surface area contributed by atoms with E-state index in [9.17, 15) is 13.6 Å². The number of rotatable bonds is 5. The van der Waals surface area contributed by atoms with E-state index in [1.54, 1.807) is 31.2 Å². The lowest BCUT2D eigenvalue weighted by Gasteiger charge is -2.12. The maximum atomic E-state index is 12.6. The minimum Gasteiger partial charge on any atom is -0.487 e. The highest BCUT2D eigenvalue weighted by Gasteiger charge is 2.21. The Labute approximate surface area is 104 Å². The highest BCUT2D eigenvalue weighted by molar-refractivity contribution is 5.99. The van der Waals surface area contributed by atoms with Crippen LogP contribution in [0.15, 0.2) is 36.4 Å². The summed E-state index contributed by atoms with van der Waals surface area (Å²) >= 11 is 0. The summed E-state index contributed by atoms with van der Waals surface area (Å²) in [6, 6.07) is 6.32. The number of nitrogens with one attached hydrogen (secondary N) is 1. The third kappa shape index (κ3) is 5.43. The topological polar surface area (TPSA) is 38.3 Å². The SMILES string of the molecule is CC=CC(=O)Nc1cccc(OCC(C)(F)F)c1. The zero-order valence-corrected chi connectivity index (χ0v) is 10.2. The van der Waals surface area contributed by atoms with Crippen molar-refractivity contribution >= 4 is 11.6 Å². The Kier molecular flexibility index (Phi) is 4.83. The second-order valence-corrected chi connectivity index (χ2v) is 3.88. The lowest BCUT2D eigenvalue weighted by Crippen LogP contribution is -2.20. The molecular weight excluding hydrogens is 240 g/mol. The van der Waals surface area contributed by atoms with Crippen molar-refractivity contribution in [1.82, 2.24) is 0 Å². The smallest absolute Gasteiger partial charge is 0.278 e. The van der Waals surface area contributed by atoms with E-state index in [2.05, 4.69) is 5.32 Å². The molecule has 0 bridgehead atoms. The molecule has 0 spiro atoms. The largest absolute Gasteiger partial charge is 0.487 e. The van der Waals surface area contributed by atoms with Gasteiger partial charge in [-0.1, -0.05) is 12.1 Å². The minimum atomic E-state index is -2.88. The molecular formula is C13H15F2NO2. The number of anilines is 1. The second-order valence-electron chi connectivity index (χ2n) is 3.88. The zero-order chi connectivity index (χ0) is 13.6. The number of hydrogen-bond donors (Lipinski definition) is 1. The first-order valence-electron chi connectivity index (χ1n) is 5.45. The number of amides is 1. The van der Waals surface area contributed by atoms with Crippen molar-refractivity contribution in [3.8, 4) is 5.75 Å². The maximum absolute atomic E-state index is 12.6. The summed E-state index contributed by atoms with van der Waals surface area (Å²) in [7, 11) is 0. The van der Waals surface area contributed by atoms with Crippen LogP contribution in [0.4, 0.5) is 14.5 Å². The Morgan fingerprint density at radius 2 is 2.22 bits per heavy atom. The van der Waals surface area contributed by atoms with Crippen LogP contribution in [0.1, 0.15) is 13.8 Å². The van der Waals surface area contributed by atoms with Gasteiger partial charge in [0.2, 0.25) is 5.91 Å². The van der Waals surface area contributed by atoms with Crippen LogP contribution in [-0.2, 0) is 4.79 Å². The summed E-state index contributed by atoms with van der Waals surface area (Å²) in [6.07, 6.45) is 2.97. The van der Waals surface area contributed by atoms with Crippen LogP contribution in [0.5, 0.6) is 5.75 Å². The van der Waals surface area contributed by atoms with E-state index < -0.39 is 12.5 Å². The van der Waals surface area contributed by atoms with Gasteiger partial charge in [-0.3, -0.25) is 4.79 Å². The van der Waals surface area contributed by atoms with E-state index in [4.69, 9.17) is 4.74 Å². The Hall–Kier alpha value is -1.91. The number of ether oxygens (including phenoxy) is 1. The van der Waals surface area contributed by atoms with Gasteiger partial charge in [0.25, 0.3) is 5.92 Å². The van der Waals surface area contributed by atoms with Crippen molar-refractivity contribution in [2.45, 2.75) is 19.8 Å². The number of halogens is 2. The number of alkyl halides is 2. The zero-order valence-electron chi connectivity index (χ0n) is 10.2. The molecule has 0 aromatic heterocycles. The molecule has 18 heavy (non-hydrogen) atoms. The molecule has 0 heterocycles. The predicted octanol–water partition coefficient (Wildman–Crippen LogP) is 3.24. The van der Waals surface area contributed by atoms with Crippen LogP contribution in [0, 0.1) is 0 Å². The van der Waals surface area contributed by atoms with E-state index in [-0.39, 0.29) is 11.7 Å². The summed E-state index contributed by atoms with van der Waals surface area (Å²) < 4.78 is 30.2. The van der Waals surface area contributed by atoms with Crippen LogP contribution in [0.2, 0.25) is 0 Å². The van der Waals surface area contributed by atoms with E-state index in [1.807, 2.05) is 0 Å². The molecule has 0 unspecified atom stereocenters. The number of benzene rings is 1.